The van der Waals surface area contributed by atoms with E-state index in [1.54, 1.807) is 23.0 Å². The Kier molecular flexibility index (Phi) is 4.11. The number of hydrogen-bond donors (Lipinski definition) is 2. The summed E-state index contributed by atoms with van der Waals surface area (Å²) in [5.41, 5.74) is 6.43. The molecule has 0 spiro atoms. The number of amides is 1. The fourth-order valence-corrected chi connectivity index (χ4v) is 1.81. The molecule has 0 bridgehead atoms. The molecule has 0 atom stereocenters. The van der Waals surface area contributed by atoms with E-state index in [-0.39, 0.29) is 5.91 Å². The van der Waals surface area contributed by atoms with Crippen LogP contribution in [0.3, 0.4) is 0 Å². The fraction of sp³-hybridized carbons (Fsp3) is 0.286. The van der Waals surface area contributed by atoms with Gasteiger partial charge in [-0.2, -0.15) is 5.10 Å². The minimum absolute atomic E-state index is 0.200. The molecule has 0 radical (unpaired) electrons. The molecule has 1 aromatic carbocycles. The highest BCUT2D eigenvalue weighted by Crippen LogP contribution is 2.15. The lowest BCUT2D eigenvalue weighted by atomic mass is 10.1. The lowest BCUT2D eigenvalue weighted by molar-refractivity contribution is 0.0915. The minimum atomic E-state index is -0.449. The smallest absolute Gasteiger partial charge is 0.254 e. The molecule has 3 N–H and O–H groups in total. The summed E-state index contributed by atoms with van der Waals surface area (Å²) in [6.45, 7) is 4.10. The van der Waals surface area contributed by atoms with E-state index in [0.717, 1.165) is 5.69 Å². The zero-order valence-electron chi connectivity index (χ0n) is 11.4. The van der Waals surface area contributed by atoms with Crippen LogP contribution in [0, 0.1) is 0 Å². The molecule has 0 fully saturated rings. The molecule has 0 saturated carbocycles. The lowest BCUT2D eigenvalue weighted by Gasteiger charge is -2.23. The standard InChI is InChI=1S/C14H17ClN4O/c1-14(2,9-16)18-13(20)10-7-17-19(8-10)12-5-3-4-11(15)6-12/h3-8H,9,16H2,1-2H3,(H,18,20). The highest BCUT2D eigenvalue weighted by molar-refractivity contribution is 6.30. The van der Waals surface area contributed by atoms with Crippen molar-refractivity contribution < 1.29 is 4.79 Å². The van der Waals surface area contributed by atoms with Crippen molar-refractivity contribution in [2.24, 2.45) is 5.73 Å². The molecule has 1 aromatic heterocycles. The molecule has 2 aromatic rings. The maximum atomic E-state index is 12.1. The second kappa shape index (κ2) is 5.64. The number of carbonyl (C=O) groups excluding carboxylic acids is 1. The summed E-state index contributed by atoms with van der Waals surface area (Å²) < 4.78 is 1.61. The lowest BCUT2D eigenvalue weighted by Crippen LogP contribution is -2.48. The Hall–Kier alpha value is -1.85. The number of benzene rings is 1. The van der Waals surface area contributed by atoms with Gasteiger partial charge in [0.05, 0.1) is 17.4 Å². The van der Waals surface area contributed by atoms with Gasteiger partial charge in [-0.05, 0) is 32.0 Å². The minimum Gasteiger partial charge on any atom is -0.346 e. The van der Waals surface area contributed by atoms with Crippen molar-refractivity contribution >= 4 is 17.5 Å². The summed E-state index contributed by atoms with van der Waals surface area (Å²) in [5, 5.41) is 7.64. The molecule has 6 heteroatoms. The van der Waals surface area contributed by atoms with Gasteiger partial charge in [0.1, 0.15) is 0 Å². The Bertz CT molecular complexity index is 621. The van der Waals surface area contributed by atoms with Gasteiger partial charge in [0.25, 0.3) is 5.91 Å². The molecule has 1 amide bonds. The van der Waals surface area contributed by atoms with Crippen molar-refractivity contribution in [3.05, 3.63) is 47.2 Å². The summed E-state index contributed by atoms with van der Waals surface area (Å²) >= 11 is 5.94. The first kappa shape index (κ1) is 14.6. The molecule has 0 aliphatic rings. The monoisotopic (exact) mass is 292 g/mol. The zero-order valence-corrected chi connectivity index (χ0v) is 12.2. The summed E-state index contributed by atoms with van der Waals surface area (Å²) in [6, 6.07) is 7.26. The number of hydrogen-bond acceptors (Lipinski definition) is 3. The van der Waals surface area contributed by atoms with Gasteiger partial charge in [-0.15, -0.1) is 0 Å². The summed E-state index contributed by atoms with van der Waals surface area (Å²) in [5.74, 6) is -0.200. The predicted molar refractivity (Wildman–Crippen MR) is 79.2 cm³/mol. The molecule has 20 heavy (non-hydrogen) atoms. The first-order valence-corrected chi connectivity index (χ1v) is 6.62. The molecule has 0 aliphatic carbocycles. The van der Waals surface area contributed by atoms with Gasteiger partial charge in [0.15, 0.2) is 0 Å². The number of nitrogens with one attached hydrogen (secondary N) is 1. The Morgan fingerprint density at radius 2 is 2.25 bits per heavy atom. The molecule has 0 unspecified atom stereocenters. The van der Waals surface area contributed by atoms with Crippen molar-refractivity contribution in [2.75, 3.05) is 6.54 Å². The highest BCUT2D eigenvalue weighted by atomic mass is 35.5. The summed E-state index contributed by atoms with van der Waals surface area (Å²) in [4.78, 5) is 12.1. The van der Waals surface area contributed by atoms with Crippen molar-refractivity contribution in [3.8, 4) is 5.69 Å². The van der Waals surface area contributed by atoms with E-state index in [2.05, 4.69) is 10.4 Å². The van der Waals surface area contributed by atoms with Crippen LogP contribution in [-0.2, 0) is 0 Å². The quantitative estimate of drug-likeness (QED) is 0.905. The second-order valence-electron chi connectivity index (χ2n) is 5.20. The Labute approximate surface area is 122 Å². The van der Waals surface area contributed by atoms with Crippen molar-refractivity contribution in [1.82, 2.24) is 15.1 Å². The van der Waals surface area contributed by atoms with Crippen LogP contribution in [0.5, 0.6) is 0 Å². The SMILES string of the molecule is CC(C)(CN)NC(=O)c1cnn(-c2cccc(Cl)c2)c1. The third kappa shape index (κ3) is 3.37. The van der Waals surface area contributed by atoms with E-state index < -0.39 is 5.54 Å². The van der Waals surface area contributed by atoms with Crippen LogP contribution in [0.1, 0.15) is 24.2 Å². The van der Waals surface area contributed by atoms with Crippen LogP contribution in [-0.4, -0.2) is 27.8 Å². The van der Waals surface area contributed by atoms with E-state index in [4.69, 9.17) is 17.3 Å². The van der Waals surface area contributed by atoms with Crippen LogP contribution >= 0.6 is 11.6 Å². The van der Waals surface area contributed by atoms with Gasteiger partial charge < -0.3 is 11.1 Å². The second-order valence-corrected chi connectivity index (χ2v) is 5.63. The van der Waals surface area contributed by atoms with Crippen LogP contribution in [0.4, 0.5) is 0 Å². The number of nitrogens with two attached hydrogens (primary N) is 1. The molecule has 2 rings (SSSR count). The van der Waals surface area contributed by atoms with Crippen molar-refractivity contribution in [1.29, 1.82) is 0 Å². The third-order valence-corrected chi connectivity index (χ3v) is 3.11. The van der Waals surface area contributed by atoms with Gasteiger partial charge in [-0.1, -0.05) is 17.7 Å². The Morgan fingerprint density at radius 3 is 2.90 bits per heavy atom. The molecule has 5 nitrogen and oxygen atoms in total. The Balaban J connectivity index is 2.19. The number of halogens is 1. The molecule has 0 aliphatic heterocycles. The van der Waals surface area contributed by atoms with E-state index in [0.29, 0.717) is 17.1 Å². The molecule has 0 saturated heterocycles. The van der Waals surface area contributed by atoms with Crippen molar-refractivity contribution in [3.63, 3.8) is 0 Å². The molecule has 1 heterocycles. The normalized spacial score (nSPS) is 11.4. The van der Waals surface area contributed by atoms with Gasteiger partial charge >= 0.3 is 0 Å². The number of carbonyl (C=O) groups is 1. The first-order valence-electron chi connectivity index (χ1n) is 6.24. The summed E-state index contributed by atoms with van der Waals surface area (Å²) in [7, 11) is 0. The fourth-order valence-electron chi connectivity index (χ4n) is 1.63. The predicted octanol–water partition coefficient (Wildman–Crippen LogP) is 1.99. The number of nitrogens with zero attached hydrogens (tertiary/aromatic N) is 2. The zero-order chi connectivity index (χ0) is 14.8. The topological polar surface area (TPSA) is 72.9 Å². The average molecular weight is 293 g/mol. The molecular formula is C14H17ClN4O. The molecule has 106 valence electrons. The largest absolute Gasteiger partial charge is 0.346 e. The van der Waals surface area contributed by atoms with Gasteiger partial charge in [-0.3, -0.25) is 4.79 Å². The summed E-state index contributed by atoms with van der Waals surface area (Å²) in [6.07, 6.45) is 3.18. The third-order valence-electron chi connectivity index (χ3n) is 2.88. The van der Waals surface area contributed by atoms with Gasteiger partial charge in [-0.25, -0.2) is 4.68 Å². The van der Waals surface area contributed by atoms with Crippen molar-refractivity contribution in [2.45, 2.75) is 19.4 Å². The molecular weight excluding hydrogens is 276 g/mol. The van der Waals surface area contributed by atoms with Crippen LogP contribution in [0.2, 0.25) is 5.02 Å². The average Bonchev–Trinajstić information content (AvgIpc) is 2.88. The van der Waals surface area contributed by atoms with Gasteiger partial charge in [0, 0.05) is 23.3 Å². The highest BCUT2D eigenvalue weighted by Gasteiger charge is 2.20. The van der Waals surface area contributed by atoms with Crippen LogP contribution in [0.15, 0.2) is 36.7 Å². The Morgan fingerprint density at radius 1 is 1.50 bits per heavy atom. The van der Waals surface area contributed by atoms with E-state index in [9.17, 15) is 4.79 Å². The maximum Gasteiger partial charge on any atom is 0.254 e. The number of aromatic nitrogens is 2. The van der Waals surface area contributed by atoms with E-state index in [1.807, 2.05) is 26.0 Å². The van der Waals surface area contributed by atoms with E-state index in [1.165, 1.54) is 6.20 Å². The maximum absolute atomic E-state index is 12.1. The van der Waals surface area contributed by atoms with E-state index >= 15 is 0 Å². The van der Waals surface area contributed by atoms with Crippen LogP contribution in [0.25, 0.3) is 5.69 Å². The van der Waals surface area contributed by atoms with Gasteiger partial charge in [0.2, 0.25) is 0 Å². The first-order chi connectivity index (χ1) is 9.41. The van der Waals surface area contributed by atoms with Crippen LogP contribution < -0.4 is 11.1 Å². The number of rotatable bonds is 4.